The van der Waals surface area contributed by atoms with Crippen LogP contribution in [0.1, 0.15) is 10.4 Å². The number of nitro benzene ring substituents is 2. The number of hydrogen-bond donors (Lipinski definition) is 2. The van der Waals surface area contributed by atoms with Crippen molar-refractivity contribution in [2.45, 2.75) is 0 Å². The maximum Gasteiger partial charge on any atom is 0.299 e. The minimum atomic E-state index is -0.715. The molecular weight excluding hydrogens is 292 g/mol. The standard InChI is InChI=1S/C13H10N4O5/c14-13(18)8-1-3-9(4-2-8)15-11-6-5-10(16(19)20)7-12(11)17(21)22/h1-7,15H,(H2,14,18). The number of amides is 1. The molecule has 0 bridgehead atoms. The number of rotatable bonds is 5. The number of carbonyl (C=O) groups is 1. The van der Waals surface area contributed by atoms with Gasteiger partial charge in [-0.05, 0) is 30.3 Å². The van der Waals surface area contributed by atoms with Crippen LogP contribution in [0.3, 0.4) is 0 Å². The lowest BCUT2D eigenvalue weighted by Crippen LogP contribution is -2.10. The van der Waals surface area contributed by atoms with Gasteiger partial charge in [0.25, 0.3) is 11.4 Å². The highest BCUT2D eigenvalue weighted by molar-refractivity contribution is 5.93. The first-order valence-corrected chi connectivity index (χ1v) is 5.98. The van der Waals surface area contributed by atoms with E-state index in [9.17, 15) is 25.0 Å². The van der Waals surface area contributed by atoms with Gasteiger partial charge in [0, 0.05) is 17.3 Å². The zero-order chi connectivity index (χ0) is 16.3. The SMILES string of the molecule is NC(=O)c1ccc(Nc2ccc([N+](=O)[O-])cc2[N+](=O)[O-])cc1. The van der Waals surface area contributed by atoms with Crippen molar-refractivity contribution in [2.24, 2.45) is 5.73 Å². The van der Waals surface area contributed by atoms with Crippen molar-refractivity contribution in [1.29, 1.82) is 0 Å². The van der Waals surface area contributed by atoms with E-state index in [1.165, 1.54) is 30.3 Å². The van der Waals surface area contributed by atoms with Crippen LogP contribution in [0.25, 0.3) is 0 Å². The number of anilines is 2. The molecule has 22 heavy (non-hydrogen) atoms. The molecule has 0 unspecified atom stereocenters. The van der Waals surface area contributed by atoms with E-state index in [1.807, 2.05) is 0 Å². The molecule has 0 atom stereocenters. The molecule has 0 aliphatic heterocycles. The highest BCUT2D eigenvalue weighted by Crippen LogP contribution is 2.31. The molecule has 2 rings (SSSR count). The van der Waals surface area contributed by atoms with E-state index in [0.29, 0.717) is 11.3 Å². The molecule has 2 aromatic rings. The number of nitrogens with one attached hydrogen (secondary N) is 1. The Hall–Kier alpha value is -3.49. The normalized spacial score (nSPS) is 10.0. The molecule has 0 aromatic heterocycles. The van der Waals surface area contributed by atoms with Crippen molar-refractivity contribution in [3.63, 3.8) is 0 Å². The van der Waals surface area contributed by atoms with Crippen molar-refractivity contribution >= 4 is 28.7 Å². The Morgan fingerprint density at radius 2 is 1.64 bits per heavy atom. The molecule has 3 N–H and O–H groups in total. The second-order valence-electron chi connectivity index (χ2n) is 4.28. The fraction of sp³-hybridized carbons (Fsp3) is 0. The number of non-ortho nitro benzene ring substituents is 1. The Balaban J connectivity index is 2.34. The number of primary amides is 1. The quantitative estimate of drug-likeness (QED) is 0.641. The van der Waals surface area contributed by atoms with E-state index in [2.05, 4.69) is 5.32 Å². The van der Waals surface area contributed by atoms with Gasteiger partial charge in [0.15, 0.2) is 0 Å². The predicted molar refractivity (Wildman–Crippen MR) is 78.0 cm³/mol. The largest absolute Gasteiger partial charge is 0.366 e. The van der Waals surface area contributed by atoms with Crippen LogP contribution in [-0.2, 0) is 0 Å². The highest BCUT2D eigenvalue weighted by Gasteiger charge is 2.19. The molecule has 0 aliphatic carbocycles. The molecule has 112 valence electrons. The fourth-order valence-electron chi connectivity index (χ4n) is 1.76. The summed E-state index contributed by atoms with van der Waals surface area (Å²) in [6, 6.07) is 9.24. The Labute approximate surface area is 123 Å². The van der Waals surface area contributed by atoms with Crippen LogP contribution in [0.4, 0.5) is 22.7 Å². The molecule has 0 saturated carbocycles. The summed E-state index contributed by atoms with van der Waals surface area (Å²) in [7, 11) is 0. The summed E-state index contributed by atoms with van der Waals surface area (Å²) >= 11 is 0. The average Bonchev–Trinajstić information content (AvgIpc) is 2.47. The molecule has 0 aliphatic rings. The zero-order valence-corrected chi connectivity index (χ0v) is 11.1. The van der Waals surface area contributed by atoms with Crippen LogP contribution in [-0.4, -0.2) is 15.8 Å². The average molecular weight is 302 g/mol. The van der Waals surface area contributed by atoms with Crippen molar-refractivity contribution in [2.75, 3.05) is 5.32 Å². The van der Waals surface area contributed by atoms with Gasteiger partial charge in [-0.15, -0.1) is 0 Å². The monoisotopic (exact) mass is 302 g/mol. The van der Waals surface area contributed by atoms with Gasteiger partial charge in [0.2, 0.25) is 5.91 Å². The summed E-state index contributed by atoms with van der Waals surface area (Å²) in [4.78, 5) is 31.2. The third-order valence-electron chi connectivity index (χ3n) is 2.84. The second kappa shape index (κ2) is 5.87. The second-order valence-corrected chi connectivity index (χ2v) is 4.28. The lowest BCUT2D eigenvalue weighted by molar-refractivity contribution is -0.393. The van der Waals surface area contributed by atoms with Gasteiger partial charge < -0.3 is 11.1 Å². The summed E-state index contributed by atoms with van der Waals surface area (Å²) in [5.41, 5.74) is 5.18. The van der Waals surface area contributed by atoms with Crippen LogP contribution < -0.4 is 11.1 Å². The Bertz CT molecular complexity index is 758. The molecule has 0 radical (unpaired) electrons. The maximum atomic E-state index is 11.0. The minimum Gasteiger partial charge on any atom is -0.366 e. The molecule has 0 heterocycles. The van der Waals surface area contributed by atoms with Crippen LogP contribution in [0.5, 0.6) is 0 Å². The van der Waals surface area contributed by atoms with Gasteiger partial charge in [0.05, 0.1) is 15.9 Å². The molecule has 0 fully saturated rings. The molecule has 9 nitrogen and oxygen atoms in total. The summed E-state index contributed by atoms with van der Waals surface area (Å²) in [6.45, 7) is 0. The third kappa shape index (κ3) is 3.15. The van der Waals surface area contributed by atoms with Gasteiger partial charge >= 0.3 is 0 Å². The Morgan fingerprint density at radius 3 is 2.14 bits per heavy atom. The van der Waals surface area contributed by atoms with Crippen LogP contribution in [0, 0.1) is 20.2 Å². The lowest BCUT2D eigenvalue weighted by Gasteiger charge is -2.07. The van der Waals surface area contributed by atoms with Crippen LogP contribution >= 0.6 is 0 Å². The van der Waals surface area contributed by atoms with Gasteiger partial charge in [-0.25, -0.2) is 0 Å². The van der Waals surface area contributed by atoms with E-state index in [1.54, 1.807) is 0 Å². The van der Waals surface area contributed by atoms with E-state index in [-0.39, 0.29) is 11.4 Å². The minimum absolute atomic E-state index is 0.0995. The molecule has 1 amide bonds. The molecule has 0 saturated heterocycles. The number of hydrogen-bond acceptors (Lipinski definition) is 6. The molecular formula is C13H10N4O5. The topological polar surface area (TPSA) is 141 Å². The first kappa shape index (κ1) is 14.9. The van der Waals surface area contributed by atoms with Crippen LogP contribution in [0.2, 0.25) is 0 Å². The predicted octanol–water partition coefficient (Wildman–Crippen LogP) is 2.35. The molecule has 0 spiro atoms. The number of benzene rings is 2. The van der Waals surface area contributed by atoms with Crippen molar-refractivity contribution in [3.8, 4) is 0 Å². The molecule has 9 heteroatoms. The summed E-state index contributed by atoms with van der Waals surface area (Å²) in [5, 5.41) is 24.4. The highest BCUT2D eigenvalue weighted by atomic mass is 16.6. The Morgan fingerprint density at radius 1 is 1.00 bits per heavy atom. The summed E-state index contributed by atoms with van der Waals surface area (Å²) in [5.74, 6) is -0.590. The van der Waals surface area contributed by atoms with E-state index < -0.39 is 21.4 Å². The number of carbonyl (C=O) groups excluding carboxylic acids is 1. The number of nitrogens with zero attached hydrogens (tertiary/aromatic N) is 2. The van der Waals surface area contributed by atoms with Gasteiger partial charge in [0.1, 0.15) is 5.69 Å². The zero-order valence-electron chi connectivity index (χ0n) is 11.1. The molecule has 2 aromatic carbocycles. The van der Waals surface area contributed by atoms with Gasteiger partial charge in [-0.3, -0.25) is 25.0 Å². The first-order chi connectivity index (χ1) is 10.4. The van der Waals surface area contributed by atoms with Crippen LogP contribution in [0.15, 0.2) is 42.5 Å². The fourth-order valence-corrected chi connectivity index (χ4v) is 1.76. The van der Waals surface area contributed by atoms with E-state index in [0.717, 1.165) is 12.1 Å². The first-order valence-electron chi connectivity index (χ1n) is 5.98. The number of nitrogens with two attached hydrogens (primary N) is 1. The maximum absolute atomic E-state index is 11.0. The van der Waals surface area contributed by atoms with Gasteiger partial charge in [-0.1, -0.05) is 0 Å². The summed E-state index contributed by atoms with van der Waals surface area (Å²) in [6.07, 6.45) is 0. The van der Waals surface area contributed by atoms with Gasteiger partial charge in [-0.2, -0.15) is 0 Å². The van der Waals surface area contributed by atoms with Crippen molar-refractivity contribution in [1.82, 2.24) is 0 Å². The van der Waals surface area contributed by atoms with E-state index >= 15 is 0 Å². The third-order valence-corrected chi connectivity index (χ3v) is 2.84. The Kier molecular flexibility index (Phi) is 3.98. The van der Waals surface area contributed by atoms with Crippen molar-refractivity contribution < 1.29 is 14.6 Å². The van der Waals surface area contributed by atoms with E-state index in [4.69, 9.17) is 5.73 Å². The lowest BCUT2D eigenvalue weighted by atomic mass is 10.2. The smallest absolute Gasteiger partial charge is 0.299 e. The number of nitro groups is 2. The summed E-state index contributed by atoms with van der Waals surface area (Å²) < 4.78 is 0. The van der Waals surface area contributed by atoms with Crippen molar-refractivity contribution in [3.05, 3.63) is 68.3 Å².